The first-order chi connectivity index (χ1) is 15.0. The van der Waals surface area contributed by atoms with Gasteiger partial charge in [0.15, 0.2) is 11.9 Å². The van der Waals surface area contributed by atoms with E-state index >= 15 is 0 Å². The standard InChI is InChI=1S/C20H16N2O4.CH2N4/c1-2-20(25)14-8-16-17-12(7-11-5-3-4-6-15(11)21-17)9-22(16)18(23)13(14)10-26-19(20)24;1-2-4-5-3-1/h3-8,25H,2,9-10H2,1H3;1H,(H,2,3,4,5). The lowest BCUT2D eigenvalue weighted by Gasteiger charge is -2.31. The summed E-state index contributed by atoms with van der Waals surface area (Å²) in [5, 5.41) is 24.0. The molecule has 3 aromatic heterocycles. The van der Waals surface area contributed by atoms with Crippen molar-refractivity contribution in [2.75, 3.05) is 0 Å². The number of ether oxygens (including phenoxy) is 1. The van der Waals surface area contributed by atoms with Gasteiger partial charge < -0.3 is 14.4 Å². The van der Waals surface area contributed by atoms with Crippen molar-refractivity contribution in [2.24, 2.45) is 0 Å². The molecule has 1 atom stereocenters. The Morgan fingerprint density at radius 3 is 2.81 bits per heavy atom. The molecule has 6 rings (SSSR count). The number of benzene rings is 1. The van der Waals surface area contributed by atoms with Crippen LogP contribution in [0.2, 0.25) is 0 Å². The van der Waals surface area contributed by atoms with Crippen LogP contribution < -0.4 is 5.56 Å². The molecule has 0 fully saturated rings. The summed E-state index contributed by atoms with van der Waals surface area (Å²) in [6, 6.07) is 11.6. The minimum atomic E-state index is -1.79. The van der Waals surface area contributed by atoms with Gasteiger partial charge in [-0.25, -0.2) is 9.78 Å². The zero-order valence-electron chi connectivity index (χ0n) is 16.6. The summed E-state index contributed by atoms with van der Waals surface area (Å²) in [5.74, 6) is -0.707. The number of hydrogen-bond donors (Lipinski definition) is 2. The van der Waals surface area contributed by atoms with Gasteiger partial charge in [0.05, 0.1) is 29.0 Å². The van der Waals surface area contributed by atoms with Crippen LogP contribution >= 0.6 is 0 Å². The zero-order chi connectivity index (χ0) is 21.6. The number of esters is 1. The summed E-state index contributed by atoms with van der Waals surface area (Å²) in [4.78, 5) is 29.9. The third-order valence-electron chi connectivity index (χ3n) is 5.69. The fraction of sp³-hybridized carbons (Fsp3) is 0.238. The topological polar surface area (TPSA) is 136 Å². The number of fused-ring (bicyclic) bond motifs is 5. The SMILES string of the molecule is CCC1(O)C(=O)OCc2c1cc1n(c2=O)Cc2cc3ccccc3nc2-1.c1nn[nH]n1. The number of rotatable bonds is 1. The molecule has 0 bridgehead atoms. The number of para-hydroxylation sites is 1. The Morgan fingerprint density at radius 1 is 1.26 bits per heavy atom. The number of nitrogens with zero attached hydrogens (tertiary/aromatic N) is 5. The van der Waals surface area contributed by atoms with E-state index < -0.39 is 11.6 Å². The number of hydrogen-bond acceptors (Lipinski definition) is 8. The Morgan fingerprint density at radius 2 is 2.10 bits per heavy atom. The fourth-order valence-corrected chi connectivity index (χ4v) is 4.05. The number of aliphatic hydroxyl groups is 1. The van der Waals surface area contributed by atoms with Crippen LogP contribution in [-0.2, 0) is 28.3 Å². The van der Waals surface area contributed by atoms with Gasteiger partial charge >= 0.3 is 5.97 Å². The van der Waals surface area contributed by atoms with Crippen LogP contribution in [0.25, 0.3) is 22.3 Å². The highest BCUT2D eigenvalue weighted by molar-refractivity contribution is 5.86. The highest BCUT2D eigenvalue weighted by atomic mass is 16.6. The summed E-state index contributed by atoms with van der Waals surface area (Å²) >= 11 is 0. The molecule has 0 spiro atoms. The molecule has 0 aliphatic carbocycles. The molecular weight excluding hydrogens is 400 g/mol. The van der Waals surface area contributed by atoms with E-state index in [1.54, 1.807) is 17.6 Å². The minimum Gasteiger partial charge on any atom is -0.458 e. The number of nitrogens with one attached hydrogen (secondary N) is 1. The summed E-state index contributed by atoms with van der Waals surface area (Å²) in [6.07, 6.45) is 1.47. The fourth-order valence-electron chi connectivity index (χ4n) is 4.05. The van der Waals surface area contributed by atoms with Crippen molar-refractivity contribution in [2.45, 2.75) is 32.1 Å². The van der Waals surface area contributed by atoms with E-state index in [0.29, 0.717) is 23.4 Å². The molecule has 2 aliphatic rings. The highest BCUT2D eigenvalue weighted by Gasteiger charge is 2.45. The molecule has 0 radical (unpaired) electrons. The van der Waals surface area contributed by atoms with E-state index in [-0.39, 0.29) is 18.6 Å². The van der Waals surface area contributed by atoms with E-state index in [9.17, 15) is 14.7 Å². The van der Waals surface area contributed by atoms with Crippen molar-refractivity contribution >= 4 is 16.9 Å². The largest absolute Gasteiger partial charge is 0.458 e. The molecule has 0 amide bonds. The predicted molar refractivity (Wildman–Crippen MR) is 109 cm³/mol. The Kier molecular flexibility index (Phi) is 4.36. The van der Waals surface area contributed by atoms with Crippen LogP contribution in [0.3, 0.4) is 0 Å². The molecule has 2 aliphatic heterocycles. The number of cyclic esters (lactones) is 1. The monoisotopic (exact) mass is 418 g/mol. The first-order valence-corrected chi connectivity index (χ1v) is 9.75. The summed E-state index contributed by atoms with van der Waals surface area (Å²) < 4.78 is 6.72. The average molecular weight is 418 g/mol. The first kappa shape index (κ1) is 19.1. The van der Waals surface area contributed by atoms with Gasteiger partial charge in [0.1, 0.15) is 6.61 Å². The number of aromatic amines is 1. The van der Waals surface area contributed by atoms with Gasteiger partial charge in [-0.2, -0.15) is 5.21 Å². The van der Waals surface area contributed by atoms with E-state index in [0.717, 1.165) is 22.2 Å². The Hall–Kier alpha value is -3.92. The maximum absolute atomic E-state index is 13.0. The van der Waals surface area contributed by atoms with Crippen molar-refractivity contribution in [1.29, 1.82) is 0 Å². The van der Waals surface area contributed by atoms with Crippen molar-refractivity contribution in [3.05, 3.63) is 69.8 Å². The molecule has 1 aromatic carbocycles. The summed E-state index contributed by atoms with van der Waals surface area (Å²) in [7, 11) is 0. The van der Waals surface area contributed by atoms with Gasteiger partial charge in [-0.1, -0.05) is 30.3 Å². The molecule has 2 N–H and O–H groups in total. The Balaban J connectivity index is 0.000000361. The second kappa shape index (κ2) is 7.10. The maximum Gasteiger partial charge on any atom is 0.343 e. The van der Waals surface area contributed by atoms with Gasteiger partial charge in [0, 0.05) is 16.5 Å². The lowest BCUT2D eigenvalue weighted by atomic mass is 9.86. The third-order valence-corrected chi connectivity index (χ3v) is 5.69. The molecule has 10 heteroatoms. The number of aromatic nitrogens is 6. The first-order valence-electron chi connectivity index (χ1n) is 9.75. The molecule has 10 nitrogen and oxygen atoms in total. The second-order valence-corrected chi connectivity index (χ2v) is 7.35. The number of tetrazole rings is 1. The third kappa shape index (κ3) is 2.91. The molecule has 1 unspecified atom stereocenters. The predicted octanol–water partition coefficient (Wildman–Crippen LogP) is 1.28. The van der Waals surface area contributed by atoms with Crippen molar-refractivity contribution in [1.82, 2.24) is 30.2 Å². The molecule has 156 valence electrons. The molecule has 0 saturated carbocycles. The second-order valence-electron chi connectivity index (χ2n) is 7.35. The minimum absolute atomic E-state index is 0.110. The van der Waals surface area contributed by atoms with Crippen LogP contribution in [0.1, 0.15) is 30.0 Å². The van der Waals surface area contributed by atoms with Crippen molar-refractivity contribution in [3.63, 3.8) is 0 Å². The lowest BCUT2D eigenvalue weighted by molar-refractivity contribution is -0.172. The van der Waals surface area contributed by atoms with Gasteiger partial charge in [0.25, 0.3) is 5.56 Å². The number of pyridine rings is 2. The van der Waals surface area contributed by atoms with Gasteiger partial charge in [-0.15, -0.1) is 10.2 Å². The van der Waals surface area contributed by atoms with E-state index in [4.69, 9.17) is 9.72 Å². The number of H-pyrrole nitrogens is 1. The molecule has 0 saturated heterocycles. The van der Waals surface area contributed by atoms with Crippen LogP contribution in [0.5, 0.6) is 0 Å². The normalized spacial score (nSPS) is 18.5. The van der Waals surface area contributed by atoms with Crippen LogP contribution in [0.4, 0.5) is 0 Å². The van der Waals surface area contributed by atoms with Gasteiger partial charge in [-0.3, -0.25) is 4.79 Å². The zero-order valence-corrected chi connectivity index (χ0v) is 16.6. The molecule has 31 heavy (non-hydrogen) atoms. The van der Waals surface area contributed by atoms with E-state index in [1.807, 2.05) is 30.3 Å². The van der Waals surface area contributed by atoms with Crippen molar-refractivity contribution < 1.29 is 14.6 Å². The molecular formula is C21H18N6O4. The number of carbonyl (C=O) groups excluding carboxylic acids is 1. The Labute approximate surface area is 175 Å². The summed E-state index contributed by atoms with van der Waals surface area (Å²) in [6.45, 7) is 2.01. The Bertz CT molecular complexity index is 1350. The number of carbonyl (C=O) groups is 1. The van der Waals surface area contributed by atoms with Crippen LogP contribution in [0.15, 0.2) is 47.5 Å². The van der Waals surface area contributed by atoms with Crippen LogP contribution in [0, 0.1) is 0 Å². The van der Waals surface area contributed by atoms with Gasteiger partial charge in [-0.05, 0) is 24.6 Å². The lowest BCUT2D eigenvalue weighted by Crippen LogP contribution is -2.44. The van der Waals surface area contributed by atoms with E-state index in [1.165, 1.54) is 6.33 Å². The van der Waals surface area contributed by atoms with Gasteiger partial charge in [0.2, 0.25) is 0 Å². The highest BCUT2D eigenvalue weighted by Crippen LogP contribution is 2.38. The van der Waals surface area contributed by atoms with Crippen LogP contribution in [-0.4, -0.2) is 41.3 Å². The smallest absolute Gasteiger partial charge is 0.343 e. The summed E-state index contributed by atoms with van der Waals surface area (Å²) in [5.41, 5.74) is 1.81. The van der Waals surface area contributed by atoms with E-state index in [2.05, 4.69) is 20.6 Å². The maximum atomic E-state index is 13.0. The molecule has 4 aromatic rings. The molecule has 5 heterocycles. The van der Waals surface area contributed by atoms with Crippen molar-refractivity contribution in [3.8, 4) is 11.4 Å². The quantitative estimate of drug-likeness (QED) is 0.389. The average Bonchev–Trinajstić information content (AvgIpc) is 3.47.